The molecule has 1 aromatic carbocycles. The first-order valence-corrected chi connectivity index (χ1v) is 13.2. The normalized spacial score (nSPS) is 19.8. The van der Waals surface area contributed by atoms with Gasteiger partial charge in [0, 0.05) is 36.6 Å². The summed E-state index contributed by atoms with van der Waals surface area (Å²) in [6, 6.07) is 9.74. The fourth-order valence-electron chi connectivity index (χ4n) is 4.24. The summed E-state index contributed by atoms with van der Waals surface area (Å²) >= 11 is 3.00. The maximum Gasteiger partial charge on any atom is 0.245 e. The molecule has 2 aliphatic heterocycles. The number of carbonyl (C=O) groups is 2. The Balaban J connectivity index is 1.18. The van der Waals surface area contributed by atoms with Gasteiger partial charge in [-0.15, -0.1) is 21.5 Å². The van der Waals surface area contributed by atoms with Gasteiger partial charge in [-0.05, 0) is 35.6 Å². The van der Waals surface area contributed by atoms with Crippen LogP contribution < -0.4 is 14.8 Å². The summed E-state index contributed by atoms with van der Waals surface area (Å²) in [4.78, 5) is 28.0. The van der Waals surface area contributed by atoms with Crippen molar-refractivity contribution in [2.75, 3.05) is 32.1 Å². The number of methoxy groups -OCH3 is 1. The fourth-order valence-corrected chi connectivity index (χ4v) is 5.82. The molecule has 1 N–H and O–H groups in total. The number of benzene rings is 1. The lowest BCUT2D eigenvalue weighted by Gasteiger charge is -2.19. The predicted octanol–water partition coefficient (Wildman–Crippen LogP) is 3.67. The number of anilines is 1. The SMILES string of the molecule is COc1ccc([C@@H]2CC(=O)N(CC(=O)Nc3nnc(Cc4cccs4)s3)C2)cc1OC1CCCO1. The van der Waals surface area contributed by atoms with Crippen LogP contribution in [0, 0.1) is 0 Å². The zero-order valence-electron chi connectivity index (χ0n) is 19.3. The molecule has 2 fully saturated rings. The van der Waals surface area contributed by atoms with E-state index in [1.54, 1.807) is 23.3 Å². The van der Waals surface area contributed by atoms with Crippen molar-refractivity contribution in [3.8, 4) is 11.5 Å². The third-order valence-electron chi connectivity index (χ3n) is 5.97. The monoisotopic (exact) mass is 514 g/mol. The lowest BCUT2D eigenvalue weighted by atomic mass is 9.98. The number of amides is 2. The largest absolute Gasteiger partial charge is 0.493 e. The van der Waals surface area contributed by atoms with Crippen molar-refractivity contribution in [3.05, 3.63) is 51.2 Å². The Morgan fingerprint density at radius 2 is 2.20 bits per heavy atom. The summed E-state index contributed by atoms with van der Waals surface area (Å²) in [6.07, 6.45) is 2.55. The number of rotatable bonds is 9. The molecule has 11 heteroatoms. The van der Waals surface area contributed by atoms with Crippen LogP contribution in [0.4, 0.5) is 5.13 Å². The zero-order chi connectivity index (χ0) is 24.2. The first-order chi connectivity index (χ1) is 17.1. The second kappa shape index (κ2) is 10.7. The average molecular weight is 515 g/mol. The van der Waals surface area contributed by atoms with Crippen molar-refractivity contribution in [2.24, 2.45) is 0 Å². The van der Waals surface area contributed by atoms with Gasteiger partial charge in [-0.1, -0.05) is 23.5 Å². The van der Waals surface area contributed by atoms with E-state index < -0.39 is 0 Å². The van der Waals surface area contributed by atoms with Gasteiger partial charge in [0.15, 0.2) is 17.8 Å². The zero-order valence-corrected chi connectivity index (χ0v) is 20.9. The first-order valence-electron chi connectivity index (χ1n) is 11.5. The first kappa shape index (κ1) is 23.7. The van der Waals surface area contributed by atoms with E-state index in [2.05, 4.69) is 15.5 Å². The molecule has 35 heavy (non-hydrogen) atoms. The molecule has 9 nitrogen and oxygen atoms in total. The molecule has 3 aromatic rings. The van der Waals surface area contributed by atoms with Crippen LogP contribution in [0.15, 0.2) is 35.7 Å². The molecule has 0 radical (unpaired) electrons. The van der Waals surface area contributed by atoms with Crippen LogP contribution in [-0.2, 0) is 20.7 Å². The Kier molecular flexibility index (Phi) is 7.26. The van der Waals surface area contributed by atoms with Gasteiger partial charge in [0.05, 0.1) is 20.3 Å². The summed E-state index contributed by atoms with van der Waals surface area (Å²) in [5, 5.41) is 14.3. The minimum absolute atomic E-state index is 0.0232. The number of hydrogen-bond acceptors (Lipinski definition) is 9. The molecular formula is C24H26N4O5S2. The summed E-state index contributed by atoms with van der Waals surface area (Å²) in [7, 11) is 1.60. The van der Waals surface area contributed by atoms with Crippen LogP contribution in [0.1, 0.15) is 40.6 Å². The summed E-state index contributed by atoms with van der Waals surface area (Å²) in [5.74, 6) is 0.857. The minimum atomic E-state index is -0.282. The summed E-state index contributed by atoms with van der Waals surface area (Å²) in [5.41, 5.74) is 0.970. The molecule has 1 unspecified atom stereocenters. The number of hydrogen-bond donors (Lipinski definition) is 1. The van der Waals surface area contributed by atoms with Crippen LogP contribution in [0.3, 0.4) is 0 Å². The van der Waals surface area contributed by atoms with Crippen molar-refractivity contribution >= 4 is 39.6 Å². The Bertz CT molecular complexity index is 1180. The van der Waals surface area contributed by atoms with Crippen LogP contribution >= 0.6 is 22.7 Å². The second-order valence-corrected chi connectivity index (χ2v) is 10.5. The molecule has 4 heterocycles. The molecule has 184 valence electrons. The molecule has 2 aromatic heterocycles. The molecule has 0 aliphatic carbocycles. The highest BCUT2D eigenvalue weighted by molar-refractivity contribution is 7.15. The number of carbonyl (C=O) groups excluding carboxylic acids is 2. The van der Waals surface area contributed by atoms with E-state index in [4.69, 9.17) is 14.2 Å². The number of nitrogens with zero attached hydrogens (tertiary/aromatic N) is 3. The van der Waals surface area contributed by atoms with E-state index in [1.807, 2.05) is 35.7 Å². The molecule has 2 saturated heterocycles. The van der Waals surface area contributed by atoms with Gasteiger partial charge >= 0.3 is 0 Å². The van der Waals surface area contributed by atoms with E-state index in [-0.39, 0.29) is 30.6 Å². The molecule has 0 saturated carbocycles. The Morgan fingerprint density at radius 3 is 2.97 bits per heavy atom. The maximum atomic E-state index is 12.7. The van der Waals surface area contributed by atoms with Crippen molar-refractivity contribution in [1.29, 1.82) is 0 Å². The summed E-state index contributed by atoms with van der Waals surface area (Å²) < 4.78 is 17.0. The van der Waals surface area contributed by atoms with E-state index in [0.717, 1.165) is 23.4 Å². The number of thiophene rings is 1. The molecule has 5 rings (SSSR count). The Hall–Kier alpha value is -3.02. The summed E-state index contributed by atoms with van der Waals surface area (Å²) in [6.45, 7) is 1.12. The van der Waals surface area contributed by atoms with Crippen molar-refractivity contribution in [2.45, 2.75) is 37.9 Å². The van der Waals surface area contributed by atoms with Crippen molar-refractivity contribution in [1.82, 2.24) is 15.1 Å². The van der Waals surface area contributed by atoms with Gasteiger partial charge in [0.25, 0.3) is 0 Å². The van der Waals surface area contributed by atoms with Crippen LogP contribution in [0.25, 0.3) is 0 Å². The number of aromatic nitrogens is 2. The molecular weight excluding hydrogens is 488 g/mol. The predicted molar refractivity (Wildman–Crippen MR) is 132 cm³/mol. The molecule has 2 aliphatic rings. The third kappa shape index (κ3) is 5.80. The standard InChI is InChI=1S/C24H26N4O5S2/c1-31-18-7-6-15(10-19(18)33-23-5-2-8-32-23)16-11-22(30)28(13-16)14-20(29)25-24-27-26-21(35-24)12-17-4-3-9-34-17/h3-4,6-7,9-10,16,23H,2,5,8,11-14H2,1H3,(H,25,27,29)/t16-,23?/m1/s1. The quantitative estimate of drug-likeness (QED) is 0.465. The highest BCUT2D eigenvalue weighted by Gasteiger charge is 2.32. The van der Waals surface area contributed by atoms with Gasteiger partial charge in [-0.25, -0.2) is 0 Å². The highest BCUT2D eigenvalue weighted by Crippen LogP contribution is 2.36. The Morgan fingerprint density at radius 1 is 1.29 bits per heavy atom. The molecule has 2 amide bonds. The van der Waals surface area contributed by atoms with Gasteiger partial charge < -0.3 is 19.1 Å². The maximum absolute atomic E-state index is 12.7. The third-order valence-corrected chi connectivity index (χ3v) is 7.69. The average Bonchev–Trinajstić information content (AvgIpc) is 3.65. The van der Waals surface area contributed by atoms with Gasteiger partial charge in [-0.2, -0.15) is 0 Å². The molecule has 2 atom stereocenters. The van der Waals surface area contributed by atoms with Crippen LogP contribution in [0.5, 0.6) is 11.5 Å². The topological polar surface area (TPSA) is 103 Å². The lowest BCUT2D eigenvalue weighted by Crippen LogP contribution is -2.34. The van der Waals surface area contributed by atoms with Gasteiger partial charge in [0.2, 0.25) is 16.9 Å². The van der Waals surface area contributed by atoms with Crippen LogP contribution in [0.2, 0.25) is 0 Å². The van der Waals surface area contributed by atoms with E-state index >= 15 is 0 Å². The van der Waals surface area contributed by atoms with E-state index in [1.165, 1.54) is 16.2 Å². The van der Waals surface area contributed by atoms with E-state index in [9.17, 15) is 9.59 Å². The molecule has 0 spiro atoms. The lowest BCUT2D eigenvalue weighted by molar-refractivity contribution is -0.131. The minimum Gasteiger partial charge on any atom is -0.493 e. The number of likely N-dealkylation sites (tertiary alicyclic amines) is 1. The molecule has 0 bridgehead atoms. The van der Waals surface area contributed by atoms with Crippen molar-refractivity contribution < 1.29 is 23.8 Å². The van der Waals surface area contributed by atoms with Gasteiger partial charge in [0.1, 0.15) is 5.01 Å². The van der Waals surface area contributed by atoms with Crippen LogP contribution in [-0.4, -0.2) is 60.0 Å². The van der Waals surface area contributed by atoms with Crippen molar-refractivity contribution in [3.63, 3.8) is 0 Å². The number of ether oxygens (including phenoxy) is 3. The highest BCUT2D eigenvalue weighted by atomic mass is 32.1. The Labute approximate surface area is 211 Å². The second-order valence-electron chi connectivity index (χ2n) is 8.45. The number of nitrogens with one attached hydrogen (secondary N) is 1. The van der Waals surface area contributed by atoms with Gasteiger partial charge in [-0.3, -0.25) is 14.9 Å². The smallest absolute Gasteiger partial charge is 0.245 e. The fraction of sp³-hybridized carbons (Fsp3) is 0.417. The van der Waals surface area contributed by atoms with E-state index in [0.29, 0.717) is 42.6 Å².